The zero-order valence-corrected chi connectivity index (χ0v) is 21.0. The molecule has 1 aromatic rings. The number of rotatable bonds is 4. The molecule has 3 heterocycles. The Morgan fingerprint density at radius 3 is 2.06 bits per heavy atom. The molecule has 0 radical (unpaired) electrons. The molecule has 3 fully saturated rings. The summed E-state index contributed by atoms with van der Waals surface area (Å²) in [5.41, 5.74) is 0.806. The van der Waals surface area contributed by atoms with E-state index in [9.17, 15) is 14.4 Å². The number of amides is 3. The summed E-state index contributed by atoms with van der Waals surface area (Å²) in [6, 6.07) is 7.99. The Labute approximate surface area is 202 Å². The van der Waals surface area contributed by atoms with Crippen molar-refractivity contribution >= 4 is 23.4 Å². The van der Waals surface area contributed by atoms with E-state index in [1.807, 2.05) is 53.7 Å². The SMILES string of the molecule is COc1ccccc1N1CCN(C(=O)C2CCN(C(=O)C3CC(=O)N(C(C)(C)C)C3)CC2)CC1. The minimum absolute atomic E-state index is 0.0295. The van der Waals surface area contributed by atoms with Crippen molar-refractivity contribution in [3.8, 4) is 5.75 Å². The van der Waals surface area contributed by atoms with Gasteiger partial charge in [-0.2, -0.15) is 0 Å². The maximum atomic E-state index is 13.2. The van der Waals surface area contributed by atoms with E-state index in [2.05, 4.69) is 11.0 Å². The Morgan fingerprint density at radius 1 is 0.882 bits per heavy atom. The number of hydrogen-bond donors (Lipinski definition) is 0. The average molecular weight is 471 g/mol. The summed E-state index contributed by atoms with van der Waals surface area (Å²) < 4.78 is 5.49. The van der Waals surface area contributed by atoms with Crippen molar-refractivity contribution in [1.82, 2.24) is 14.7 Å². The maximum Gasteiger partial charge on any atom is 0.227 e. The third-order valence-corrected chi connectivity index (χ3v) is 7.46. The number of piperazine rings is 1. The second kappa shape index (κ2) is 9.84. The predicted molar refractivity (Wildman–Crippen MR) is 131 cm³/mol. The van der Waals surface area contributed by atoms with Crippen LogP contribution in [0.3, 0.4) is 0 Å². The Hall–Kier alpha value is -2.77. The van der Waals surface area contributed by atoms with Crippen LogP contribution >= 0.6 is 0 Å². The van der Waals surface area contributed by atoms with Crippen LogP contribution in [0.4, 0.5) is 5.69 Å². The van der Waals surface area contributed by atoms with Gasteiger partial charge in [0, 0.05) is 63.7 Å². The normalized spacial score (nSPS) is 22.4. The summed E-state index contributed by atoms with van der Waals surface area (Å²) in [5, 5.41) is 0. The second-order valence-corrected chi connectivity index (χ2v) is 10.7. The van der Waals surface area contributed by atoms with Crippen molar-refractivity contribution in [1.29, 1.82) is 0 Å². The highest BCUT2D eigenvalue weighted by molar-refractivity contribution is 5.90. The molecular formula is C26H38N4O4. The lowest BCUT2D eigenvalue weighted by Crippen LogP contribution is -2.52. The van der Waals surface area contributed by atoms with E-state index >= 15 is 0 Å². The van der Waals surface area contributed by atoms with Crippen LogP contribution in [0.2, 0.25) is 0 Å². The zero-order chi connectivity index (χ0) is 24.5. The molecule has 3 aliphatic rings. The van der Waals surface area contributed by atoms with Gasteiger partial charge in [0.2, 0.25) is 17.7 Å². The monoisotopic (exact) mass is 470 g/mol. The van der Waals surface area contributed by atoms with Gasteiger partial charge in [-0.1, -0.05) is 12.1 Å². The number of para-hydroxylation sites is 2. The minimum Gasteiger partial charge on any atom is -0.495 e. The molecule has 34 heavy (non-hydrogen) atoms. The number of nitrogens with zero attached hydrogens (tertiary/aromatic N) is 4. The molecule has 3 amide bonds. The lowest BCUT2D eigenvalue weighted by Gasteiger charge is -2.40. The standard InChI is InChI=1S/C26H38N4O4/c1-26(2,3)30-18-20(17-23(30)31)25(33)28-11-9-19(10-12-28)24(32)29-15-13-27(14-16-29)21-7-5-6-8-22(21)34-4/h5-8,19-20H,9-18H2,1-4H3. The molecule has 1 atom stereocenters. The summed E-state index contributed by atoms with van der Waals surface area (Å²) >= 11 is 0. The average Bonchev–Trinajstić information content (AvgIpc) is 3.25. The van der Waals surface area contributed by atoms with Crippen molar-refractivity contribution in [2.24, 2.45) is 11.8 Å². The molecule has 4 rings (SSSR count). The first kappa shape index (κ1) is 24.4. The highest BCUT2D eigenvalue weighted by atomic mass is 16.5. The first-order valence-electron chi connectivity index (χ1n) is 12.4. The summed E-state index contributed by atoms with van der Waals surface area (Å²) in [6.45, 7) is 10.7. The molecule has 0 bridgehead atoms. The summed E-state index contributed by atoms with van der Waals surface area (Å²) in [7, 11) is 1.68. The number of ether oxygens (including phenoxy) is 1. The highest BCUT2D eigenvalue weighted by Crippen LogP contribution is 2.30. The number of likely N-dealkylation sites (tertiary alicyclic amines) is 2. The van der Waals surface area contributed by atoms with Gasteiger partial charge in [0.1, 0.15) is 5.75 Å². The summed E-state index contributed by atoms with van der Waals surface area (Å²) in [4.78, 5) is 46.5. The van der Waals surface area contributed by atoms with Crippen LogP contribution in [0.5, 0.6) is 5.75 Å². The molecule has 1 unspecified atom stereocenters. The van der Waals surface area contributed by atoms with Gasteiger partial charge in [0.05, 0.1) is 18.7 Å². The van der Waals surface area contributed by atoms with E-state index in [0.29, 0.717) is 52.0 Å². The van der Waals surface area contributed by atoms with Crippen molar-refractivity contribution in [3.63, 3.8) is 0 Å². The zero-order valence-electron chi connectivity index (χ0n) is 21.0. The molecule has 0 aliphatic carbocycles. The highest BCUT2D eigenvalue weighted by Gasteiger charge is 2.42. The Kier molecular flexibility index (Phi) is 7.05. The number of carbonyl (C=O) groups is 3. The van der Waals surface area contributed by atoms with Crippen molar-refractivity contribution in [2.75, 3.05) is 57.8 Å². The van der Waals surface area contributed by atoms with Gasteiger partial charge < -0.3 is 24.3 Å². The van der Waals surface area contributed by atoms with Crippen LogP contribution in [-0.4, -0.2) is 90.9 Å². The first-order valence-corrected chi connectivity index (χ1v) is 12.4. The minimum atomic E-state index is -0.263. The van der Waals surface area contributed by atoms with Crippen LogP contribution in [-0.2, 0) is 14.4 Å². The molecule has 186 valence electrons. The van der Waals surface area contributed by atoms with Gasteiger partial charge in [-0.25, -0.2) is 0 Å². The van der Waals surface area contributed by atoms with Crippen molar-refractivity contribution in [3.05, 3.63) is 24.3 Å². The molecule has 3 saturated heterocycles. The summed E-state index contributed by atoms with van der Waals surface area (Å²) in [6.07, 6.45) is 1.69. The van der Waals surface area contributed by atoms with E-state index in [1.165, 1.54) is 0 Å². The fourth-order valence-corrected chi connectivity index (χ4v) is 5.44. The molecule has 0 saturated carbocycles. The molecule has 0 spiro atoms. The Morgan fingerprint density at radius 2 is 1.47 bits per heavy atom. The largest absolute Gasteiger partial charge is 0.495 e. The van der Waals surface area contributed by atoms with Gasteiger partial charge in [0.15, 0.2) is 0 Å². The molecule has 3 aliphatic heterocycles. The lowest BCUT2D eigenvalue weighted by atomic mass is 9.93. The van der Waals surface area contributed by atoms with E-state index in [0.717, 1.165) is 24.5 Å². The topological polar surface area (TPSA) is 73.4 Å². The molecule has 0 aromatic heterocycles. The van der Waals surface area contributed by atoms with E-state index in [-0.39, 0.29) is 35.1 Å². The number of carbonyl (C=O) groups excluding carboxylic acids is 3. The molecule has 8 heteroatoms. The van der Waals surface area contributed by atoms with Crippen LogP contribution in [0, 0.1) is 11.8 Å². The van der Waals surface area contributed by atoms with E-state index in [1.54, 1.807) is 7.11 Å². The molecule has 1 aromatic carbocycles. The van der Waals surface area contributed by atoms with Crippen molar-refractivity contribution < 1.29 is 19.1 Å². The van der Waals surface area contributed by atoms with Gasteiger partial charge in [-0.05, 0) is 45.7 Å². The molecule has 8 nitrogen and oxygen atoms in total. The molecule has 0 N–H and O–H groups in total. The first-order chi connectivity index (χ1) is 16.2. The van der Waals surface area contributed by atoms with Gasteiger partial charge in [0.25, 0.3) is 0 Å². The van der Waals surface area contributed by atoms with E-state index < -0.39 is 0 Å². The lowest BCUT2D eigenvalue weighted by molar-refractivity contribution is -0.142. The molecular weight excluding hydrogens is 432 g/mol. The van der Waals surface area contributed by atoms with Crippen LogP contribution in [0.15, 0.2) is 24.3 Å². The van der Waals surface area contributed by atoms with Crippen molar-refractivity contribution in [2.45, 2.75) is 45.6 Å². The number of hydrogen-bond acceptors (Lipinski definition) is 5. The quantitative estimate of drug-likeness (QED) is 0.675. The van der Waals surface area contributed by atoms with Gasteiger partial charge in [-0.3, -0.25) is 14.4 Å². The number of benzene rings is 1. The maximum absolute atomic E-state index is 13.2. The van der Waals surface area contributed by atoms with Crippen LogP contribution in [0.1, 0.15) is 40.0 Å². The van der Waals surface area contributed by atoms with Gasteiger partial charge >= 0.3 is 0 Å². The van der Waals surface area contributed by atoms with Crippen LogP contribution in [0.25, 0.3) is 0 Å². The third-order valence-electron chi connectivity index (χ3n) is 7.46. The Balaban J connectivity index is 1.26. The smallest absolute Gasteiger partial charge is 0.227 e. The Bertz CT molecular complexity index is 912. The second-order valence-electron chi connectivity index (χ2n) is 10.7. The fraction of sp³-hybridized carbons (Fsp3) is 0.654. The number of piperidine rings is 1. The number of methoxy groups -OCH3 is 1. The predicted octanol–water partition coefficient (Wildman–Crippen LogP) is 2.23. The van der Waals surface area contributed by atoms with Crippen LogP contribution < -0.4 is 9.64 Å². The fourth-order valence-electron chi connectivity index (χ4n) is 5.44. The van der Waals surface area contributed by atoms with E-state index in [4.69, 9.17) is 4.74 Å². The number of anilines is 1. The third kappa shape index (κ3) is 5.00. The van der Waals surface area contributed by atoms with Gasteiger partial charge in [-0.15, -0.1) is 0 Å². The summed E-state index contributed by atoms with van der Waals surface area (Å²) in [5.74, 6) is 0.899.